The molecule has 0 aliphatic rings. The van der Waals surface area contributed by atoms with E-state index in [4.69, 9.17) is 21.5 Å². The number of aliphatic carboxylic acids is 1. The van der Waals surface area contributed by atoms with Crippen molar-refractivity contribution in [3.05, 3.63) is 34.9 Å². The molecule has 1 unspecified atom stereocenters. The lowest BCUT2D eigenvalue weighted by Gasteiger charge is -2.32. The van der Waals surface area contributed by atoms with Gasteiger partial charge in [-0.3, -0.25) is 0 Å². The lowest BCUT2D eigenvalue weighted by Crippen LogP contribution is -2.47. The molecule has 0 saturated carbocycles. The van der Waals surface area contributed by atoms with Gasteiger partial charge >= 0.3 is 12.1 Å². The van der Waals surface area contributed by atoms with Crippen molar-refractivity contribution in [3.8, 4) is 0 Å². The molecule has 1 aromatic carbocycles. The zero-order valence-electron chi connectivity index (χ0n) is 14.7. The molecular formula is C17H25ClF3NO3. The van der Waals surface area contributed by atoms with E-state index in [0.717, 1.165) is 11.4 Å². The minimum absolute atomic E-state index is 0.0585. The molecule has 0 aliphatic carbocycles. The second kappa shape index (κ2) is 9.99. The van der Waals surface area contributed by atoms with E-state index in [1.54, 1.807) is 0 Å². The number of hydrogen-bond acceptors (Lipinski definition) is 3. The first-order valence-corrected chi connectivity index (χ1v) is 8.06. The van der Waals surface area contributed by atoms with Gasteiger partial charge in [0.05, 0.1) is 6.61 Å². The Morgan fingerprint density at radius 3 is 1.96 bits per heavy atom. The molecule has 0 heterocycles. The Balaban J connectivity index is 0.000000697. The first-order chi connectivity index (χ1) is 11.3. The monoisotopic (exact) mass is 383 g/mol. The van der Waals surface area contributed by atoms with E-state index in [1.807, 2.05) is 24.3 Å². The van der Waals surface area contributed by atoms with Gasteiger partial charge < -0.3 is 15.5 Å². The van der Waals surface area contributed by atoms with E-state index in [2.05, 4.69) is 33.0 Å². The Hall–Kier alpha value is -1.31. The van der Waals surface area contributed by atoms with Crippen LogP contribution in [-0.4, -0.2) is 41.0 Å². The van der Waals surface area contributed by atoms with Crippen LogP contribution in [0.15, 0.2) is 24.3 Å². The van der Waals surface area contributed by atoms with Crippen molar-refractivity contribution in [3.63, 3.8) is 0 Å². The van der Waals surface area contributed by atoms with Gasteiger partial charge in [-0.1, -0.05) is 44.5 Å². The highest BCUT2D eigenvalue weighted by atomic mass is 35.5. The van der Waals surface area contributed by atoms with Crippen LogP contribution in [0.2, 0.25) is 5.02 Å². The SMILES string of the molecule is CC(Cc1ccc(Cl)cc1)N[C@H](CO)C(C)(C)C.O=C(O)C(F)(F)F. The third-order valence-electron chi connectivity index (χ3n) is 3.41. The minimum atomic E-state index is -5.08. The Kier molecular flexibility index (Phi) is 9.47. The summed E-state index contributed by atoms with van der Waals surface area (Å²) in [6, 6.07) is 8.35. The molecule has 1 aromatic rings. The number of alkyl halides is 3. The number of nitrogens with one attached hydrogen (secondary N) is 1. The summed E-state index contributed by atoms with van der Waals surface area (Å²) < 4.78 is 31.7. The molecule has 0 fully saturated rings. The number of benzene rings is 1. The third-order valence-corrected chi connectivity index (χ3v) is 3.66. The van der Waals surface area contributed by atoms with Gasteiger partial charge in [0.15, 0.2) is 0 Å². The summed E-state index contributed by atoms with van der Waals surface area (Å²) in [6.45, 7) is 8.71. The Labute approximate surface area is 151 Å². The summed E-state index contributed by atoms with van der Waals surface area (Å²) in [7, 11) is 0. The smallest absolute Gasteiger partial charge is 0.475 e. The number of hydrogen-bond donors (Lipinski definition) is 3. The highest BCUT2D eigenvalue weighted by Gasteiger charge is 2.38. The number of carbonyl (C=O) groups is 1. The number of rotatable bonds is 5. The summed E-state index contributed by atoms with van der Waals surface area (Å²) in [4.78, 5) is 8.90. The zero-order chi connectivity index (χ0) is 19.8. The van der Waals surface area contributed by atoms with Crippen LogP contribution in [0.25, 0.3) is 0 Å². The minimum Gasteiger partial charge on any atom is -0.475 e. The second-order valence-electron chi connectivity index (χ2n) is 6.80. The number of carboxylic acids is 1. The summed E-state index contributed by atoms with van der Waals surface area (Å²) >= 11 is 5.87. The summed E-state index contributed by atoms with van der Waals surface area (Å²) in [5.41, 5.74) is 1.31. The van der Waals surface area contributed by atoms with Crippen LogP contribution in [-0.2, 0) is 11.2 Å². The second-order valence-corrected chi connectivity index (χ2v) is 7.24. The van der Waals surface area contributed by atoms with E-state index in [9.17, 15) is 18.3 Å². The van der Waals surface area contributed by atoms with E-state index < -0.39 is 12.1 Å². The molecule has 0 amide bonds. The molecule has 3 N–H and O–H groups in total. The number of aliphatic hydroxyl groups is 1. The van der Waals surface area contributed by atoms with Crippen LogP contribution >= 0.6 is 11.6 Å². The molecule has 144 valence electrons. The lowest BCUT2D eigenvalue weighted by molar-refractivity contribution is -0.192. The van der Waals surface area contributed by atoms with Gasteiger partial charge in [0.2, 0.25) is 0 Å². The maximum absolute atomic E-state index is 10.6. The first kappa shape index (κ1) is 23.7. The highest BCUT2D eigenvalue weighted by Crippen LogP contribution is 2.20. The van der Waals surface area contributed by atoms with Crippen LogP contribution < -0.4 is 5.32 Å². The number of carboxylic acid groups (broad SMARTS) is 1. The molecule has 0 aliphatic heterocycles. The van der Waals surface area contributed by atoms with E-state index in [1.165, 1.54) is 5.56 Å². The van der Waals surface area contributed by atoms with Crippen molar-refractivity contribution in [2.75, 3.05) is 6.61 Å². The van der Waals surface area contributed by atoms with Crippen molar-refractivity contribution in [1.29, 1.82) is 0 Å². The van der Waals surface area contributed by atoms with E-state index >= 15 is 0 Å². The van der Waals surface area contributed by atoms with Crippen LogP contribution in [0.3, 0.4) is 0 Å². The largest absolute Gasteiger partial charge is 0.490 e. The van der Waals surface area contributed by atoms with Gasteiger partial charge in [0, 0.05) is 17.1 Å². The molecule has 0 bridgehead atoms. The Morgan fingerprint density at radius 1 is 1.20 bits per heavy atom. The van der Waals surface area contributed by atoms with Gasteiger partial charge in [0.25, 0.3) is 0 Å². The van der Waals surface area contributed by atoms with Crippen LogP contribution in [0.5, 0.6) is 0 Å². The molecule has 0 spiro atoms. The standard InChI is InChI=1S/C15H24ClNO.C2HF3O2/c1-11(17-14(10-18)15(2,3)4)9-12-5-7-13(16)8-6-12;3-2(4,5)1(6)7/h5-8,11,14,17-18H,9-10H2,1-4H3;(H,6,7)/t11?,14-;/m1./s1. The molecule has 4 nitrogen and oxygen atoms in total. The Bertz CT molecular complexity index is 527. The lowest BCUT2D eigenvalue weighted by atomic mass is 9.86. The molecule has 0 radical (unpaired) electrons. The molecule has 1 rings (SSSR count). The number of aliphatic hydroxyl groups excluding tert-OH is 1. The van der Waals surface area contributed by atoms with Crippen LogP contribution in [0.4, 0.5) is 13.2 Å². The fourth-order valence-corrected chi connectivity index (χ4v) is 2.08. The summed E-state index contributed by atoms with van der Waals surface area (Å²) in [6.07, 6.45) is -4.15. The van der Waals surface area contributed by atoms with Gasteiger partial charge in [0.1, 0.15) is 0 Å². The number of halogens is 4. The van der Waals surface area contributed by atoms with Crippen LogP contribution in [0.1, 0.15) is 33.3 Å². The van der Waals surface area contributed by atoms with Gasteiger partial charge in [-0.25, -0.2) is 4.79 Å². The zero-order valence-corrected chi connectivity index (χ0v) is 15.4. The molecule has 2 atom stereocenters. The molecule has 0 aromatic heterocycles. The summed E-state index contributed by atoms with van der Waals surface area (Å²) in [5.74, 6) is -2.76. The fraction of sp³-hybridized carbons (Fsp3) is 0.588. The topological polar surface area (TPSA) is 69.6 Å². The predicted octanol–water partition coefficient (Wildman–Crippen LogP) is 3.90. The molecular weight excluding hydrogens is 359 g/mol. The predicted molar refractivity (Wildman–Crippen MR) is 91.8 cm³/mol. The quantitative estimate of drug-likeness (QED) is 0.721. The molecule has 25 heavy (non-hydrogen) atoms. The van der Waals surface area contributed by atoms with Crippen molar-refractivity contribution >= 4 is 17.6 Å². The fourth-order valence-electron chi connectivity index (χ4n) is 1.95. The van der Waals surface area contributed by atoms with E-state index in [0.29, 0.717) is 6.04 Å². The maximum Gasteiger partial charge on any atom is 0.490 e. The van der Waals surface area contributed by atoms with Crippen LogP contribution in [0, 0.1) is 5.41 Å². The first-order valence-electron chi connectivity index (χ1n) is 7.68. The van der Waals surface area contributed by atoms with Crippen molar-refractivity contribution in [2.45, 2.75) is 52.4 Å². The van der Waals surface area contributed by atoms with Gasteiger partial charge in [-0.15, -0.1) is 0 Å². The normalized spacial score (nSPS) is 14.3. The maximum atomic E-state index is 10.6. The summed E-state index contributed by atoms with van der Waals surface area (Å²) in [5, 5.41) is 20.8. The highest BCUT2D eigenvalue weighted by molar-refractivity contribution is 6.30. The van der Waals surface area contributed by atoms with Gasteiger partial charge in [-0.2, -0.15) is 13.2 Å². The van der Waals surface area contributed by atoms with E-state index in [-0.39, 0.29) is 18.1 Å². The molecule has 8 heteroatoms. The average Bonchev–Trinajstić information content (AvgIpc) is 2.45. The van der Waals surface area contributed by atoms with Crippen molar-refractivity contribution in [1.82, 2.24) is 5.32 Å². The third kappa shape index (κ3) is 10.3. The van der Waals surface area contributed by atoms with Crippen molar-refractivity contribution in [2.24, 2.45) is 5.41 Å². The van der Waals surface area contributed by atoms with Crippen molar-refractivity contribution < 1.29 is 28.2 Å². The van der Waals surface area contributed by atoms with Gasteiger partial charge in [-0.05, 0) is 36.5 Å². The average molecular weight is 384 g/mol. The Morgan fingerprint density at radius 2 is 1.64 bits per heavy atom. The molecule has 0 saturated heterocycles.